The predicted octanol–water partition coefficient (Wildman–Crippen LogP) is 4.04. The fraction of sp³-hybridized carbons (Fsp3) is 0.389. The summed E-state index contributed by atoms with van der Waals surface area (Å²) in [5, 5.41) is 12.6. The predicted molar refractivity (Wildman–Crippen MR) is 104 cm³/mol. The van der Waals surface area contributed by atoms with Gasteiger partial charge in [0.25, 0.3) is 0 Å². The molecule has 0 saturated heterocycles. The lowest BCUT2D eigenvalue weighted by Crippen LogP contribution is -2.33. The minimum atomic E-state index is -0.260. The van der Waals surface area contributed by atoms with Gasteiger partial charge in [-0.1, -0.05) is 43.3 Å². The zero-order chi connectivity index (χ0) is 18.4. The van der Waals surface area contributed by atoms with E-state index in [-0.39, 0.29) is 11.2 Å². The maximum atomic E-state index is 12.2. The molecule has 0 aliphatic rings. The number of amides is 1. The number of hydrogen-bond acceptors (Lipinski definition) is 4. The number of carbonyl (C=O) groups is 1. The Labute approximate surface area is 157 Å². The SMILES string of the molecule is C=CCn1c(S[C@H](C)C(=O)NCC(C)C)nnc1-c1ccc(Cl)cc1. The number of nitrogens with one attached hydrogen (secondary N) is 1. The first-order chi connectivity index (χ1) is 11.9. The number of allylic oxidation sites excluding steroid dienone is 1. The van der Waals surface area contributed by atoms with Crippen LogP contribution in [0.4, 0.5) is 0 Å². The van der Waals surface area contributed by atoms with Gasteiger partial charge in [-0.05, 0) is 37.1 Å². The lowest BCUT2D eigenvalue weighted by Gasteiger charge is -2.14. The van der Waals surface area contributed by atoms with Crippen molar-refractivity contribution >= 4 is 29.3 Å². The minimum absolute atomic E-state index is 0.0000963. The van der Waals surface area contributed by atoms with Gasteiger partial charge in [-0.2, -0.15) is 0 Å². The van der Waals surface area contributed by atoms with Gasteiger partial charge in [0.05, 0.1) is 5.25 Å². The highest BCUT2D eigenvalue weighted by atomic mass is 35.5. The first-order valence-electron chi connectivity index (χ1n) is 8.16. The summed E-state index contributed by atoms with van der Waals surface area (Å²) in [5.41, 5.74) is 0.919. The minimum Gasteiger partial charge on any atom is -0.355 e. The third-order valence-corrected chi connectivity index (χ3v) is 4.80. The van der Waals surface area contributed by atoms with Crippen LogP contribution in [0.3, 0.4) is 0 Å². The van der Waals surface area contributed by atoms with Crippen LogP contribution in [0.1, 0.15) is 20.8 Å². The van der Waals surface area contributed by atoms with E-state index in [0.717, 1.165) is 11.4 Å². The maximum Gasteiger partial charge on any atom is 0.233 e. The molecule has 2 aromatic rings. The molecule has 1 aromatic heterocycles. The van der Waals surface area contributed by atoms with E-state index in [1.54, 1.807) is 6.08 Å². The van der Waals surface area contributed by atoms with Gasteiger partial charge in [-0.3, -0.25) is 9.36 Å². The Morgan fingerprint density at radius 1 is 1.32 bits per heavy atom. The van der Waals surface area contributed by atoms with Crippen LogP contribution in [0.25, 0.3) is 11.4 Å². The molecule has 2 rings (SSSR count). The summed E-state index contributed by atoms with van der Waals surface area (Å²) in [4.78, 5) is 12.2. The molecule has 134 valence electrons. The van der Waals surface area contributed by atoms with E-state index in [2.05, 4.69) is 35.9 Å². The van der Waals surface area contributed by atoms with Crippen LogP contribution in [0.15, 0.2) is 42.1 Å². The van der Waals surface area contributed by atoms with E-state index in [4.69, 9.17) is 11.6 Å². The highest BCUT2D eigenvalue weighted by Crippen LogP contribution is 2.27. The van der Waals surface area contributed by atoms with E-state index >= 15 is 0 Å². The van der Waals surface area contributed by atoms with Crippen molar-refractivity contribution in [1.82, 2.24) is 20.1 Å². The van der Waals surface area contributed by atoms with Crippen LogP contribution in [0.2, 0.25) is 5.02 Å². The average Bonchev–Trinajstić information content (AvgIpc) is 2.96. The molecule has 1 atom stereocenters. The quantitative estimate of drug-likeness (QED) is 0.556. The number of nitrogens with zero attached hydrogens (tertiary/aromatic N) is 3. The topological polar surface area (TPSA) is 59.8 Å². The molecule has 0 aliphatic carbocycles. The molecular formula is C18H23ClN4OS. The smallest absolute Gasteiger partial charge is 0.233 e. The Kier molecular flexibility index (Phi) is 7.08. The number of aromatic nitrogens is 3. The van der Waals surface area contributed by atoms with Crippen molar-refractivity contribution in [2.24, 2.45) is 5.92 Å². The zero-order valence-electron chi connectivity index (χ0n) is 14.7. The second kappa shape index (κ2) is 9.06. The molecule has 0 bridgehead atoms. The van der Waals surface area contributed by atoms with Crippen molar-refractivity contribution in [1.29, 1.82) is 0 Å². The summed E-state index contributed by atoms with van der Waals surface area (Å²) in [5.74, 6) is 1.15. The molecule has 0 fully saturated rings. The summed E-state index contributed by atoms with van der Waals surface area (Å²) in [6.45, 7) is 11.0. The number of rotatable bonds is 8. The summed E-state index contributed by atoms with van der Waals surface area (Å²) in [6, 6.07) is 7.44. The van der Waals surface area contributed by atoms with Gasteiger partial charge in [0.2, 0.25) is 5.91 Å². The first-order valence-corrected chi connectivity index (χ1v) is 9.42. The number of hydrogen-bond donors (Lipinski definition) is 1. The largest absolute Gasteiger partial charge is 0.355 e. The summed E-state index contributed by atoms with van der Waals surface area (Å²) in [6.07, 6.45) is 1.79. The van der Waals surface area contributed by atoms with Crippen LogP contribution < -0.4 is 5.32 Å². The number of thioether (sulfide) groups is 1. The summed E-state index contributed by atoms with van der Waals surface area (Å²) < 4.78 is 1.95. The average molecular weight is 379 g/mol. The molecule has 0 unspecified atom stereocenters. The molecule has 1 aromatic carbocycles. The van der Waals surface area contributed by atoms with Crippen molar-refractivity contribution in [3.63, 3.8) is 0 Å². The molecule has 5 nitrogen and oxygen atoms in total. The van der Waals surface area contributed by atoms with E-state index in [0.29, 0.717) is 29.2 Å². The number of benzene rings is 1. The number of carbonyl (C=O) groups excluding carboxylic acids is 1. The zero-order valence-corrected chi connectivity index (χ0v) is 16.3. The molecule has 1 N–H and O–H groups in total. The maximum absolute atomic E-state index is 12.2. The van der Waals surface area contributed by atoms with Crippen molar-refractivity contribution in [2.75, 3.05) is 6.54 Å². The Morgan fingerprint density at radius 3 is 2.60 bits per heavy atom. The van der Waals surface area contributed by atoms with Crippen molar-refractivity contribution in [3.8, 4) is 11.4 Å². The monoisotopic (exact) mass is 378 g/mol. The molecule has 0 radical (unpaired) electrons. The Bertz CT molecular complexity index is 727. The Balaban J connectivity index is 2.19. The van der Waals surface area contributed by atoms with Gasteiger partial charge in [-0.15, -0.1) is 16.8 Å². The van der Waals surface area contributed by atoms with Crippen LogP contribution >= 0.6 is 23.4 Å². The van der Waals surface area contributed by atoms with Gasteiger partial charge in [-0.25, -0.2) is 0 Å². The highest BCUT2D eigenvalue weighted by Gasteiger charge is 2.20. The first kappa shape index (κ1) is 19.5. The summed E-state index contributed by atoms with van der Waals surface area (Å²) >= 11 is 7.35. The summed E-state index contributed by atoms with van der Waals surface area (Å²) in [7, 11) is 0. The van der Waals surface area contributed by atoms with Gasteiger partial charge < -0.3 is 5.32 Å². The van der Waals surface area contributed by atoms with Crippen LogP contribution in [0.5, 0.6) is 0 Å². The van der Waals surface area contributed by atoms with Gasteiger partial charge in [0.15, 0.2) is 11.0 Å². The molecule has 7 heteroatoms. The lowest BCUT2D eigenvalue weighted by molar-refractivity contribution is -0.120. The second-order valence-corrected chi connectivity index (χ2v) is 7.86. The Morgan fingerprint density at radius 2 is 2.00 bits per heavy atom. The molecule has 25 heavy (non-hydrogen) atoms. The molecular weight excluding hydrogens is 356 g/mol. The van der Waals surface area contributed by atoms with E-state index in [1.807, 2.05) is 35.8 Å². The van der Waals surface area contributed by atoms with Crippen molar-refractivity contribution in [3.05, 3.63) is 41.9 Å². The van der Waals surface area contributed by atoms with Gasteiger partial charge in [0.1, 0.15) is 0 Å². The Hall–Kier alpha value is -1.79. The van der Waals surface area contributed by atoms with Gasteiger partial charge >= 0.3 is 0 Å². The fourth-order valence-corrected chi connectivity index (χ4v) is 3.15. The fourth-order valence-electron chi connectivity index (χ4n) is 2.14. The molecule has 1 amide bonds. The third-order valence-electron chi connectivity index (χ3n) is 3.47. The number of halogens is 1. The normalized spacial score (nSPS) is 12.2. The highest BCUT2D eigenvalue weighted by molar-refractivity contribution is 8.00. The van der Waals surface area contributed by atoms with Crippen molar-refractivity contribution < 1.29 is 4.79 Å². The molecule has 0 aliphatic heterocycles. The molecule has 1 heterocycles. The van der Waals surface area contributed by atoms with Crippen molar-refractivity contribution in [2.45, 2.75) is 37.7 Å². The standard InChI is InChI=1S/C18H23ClN4OS/c1-5-10-23-16(14-6-8-15(19)9-7-14)21-22-18(23)25-13(4)17(24)20-11-12(2)3/h5-9,12-13H,1,10-11H2,2-4H3,(H,20,24)/t13-/m1/s1. The lowest BCUT2D eigenvalue weighted by atomic mass is 10.2. The van der Waals surface area contributed by atoms with Crippen LogP contribution in [-0.2, 0) is 11.3 Å². The van der Waals surface area contributed by atoms with E-state index in [9.17, 15) is 4.79 Å². The second-order valence-electron chi connectivity index (χ2n) is 6.11. The van der Waals surface area contributed by atoms with Crippen LogP contribution in [-0.4, -0.2) is 32.5 Å². The molecule has 0 spiro atoms. The van der Waals surface area contributed by atoms with Crippen LogP contribution in [0, 0.1) is 5.92 Å². The van der Waals surface area contributed by atoms with E-state index < -0.39 is 0 Å². The molecule has 0 saturated carbocycles. The van der Waals surface area contributed by atoms with E-state index in [1.165, 1.54) is 11.8 Å². The van der Waals surface area contributed by atoms with Gasteiger partial charge in [0, 0.05) is 23.7 Å². The third kappa shape index (κ3) is 5.34.